The molecule has 0 bridgehead atoms. The first-order valence-electron chi connectivity index (χ1n) is 11.9. The Bertz CT molecular complexity index is 1420. The number of aromatic nitrogens is 5. The van der Waals surface area contributed by atoms with E-state index >= 15 is 0 Å². The molecule has 3 N–H and O–H groups in total. The fourth-order valence-corrected chi connectivity index (χ4v) is 3.82. The highest BCUT2D eigenvalue weighted by atomic mass is 16.6. The molecule has 2 heterocycles. The van der Waals surface area contributed by atoms with Crippen molar-refractivity contribution < 1.29 is 14.3 Å². The van der Waals surface area contributed by atoms with Gasteiger partial charge in [-0.05, 0) is 53.0 Å². The van der Waals surface area contributed by atoms with E-state index < -0.39 is 10.8 Å². The van der Waals surface area contributed by atoms with Gasteiger partial charge in [0.05, 0.1) is 11.1 Å². The summed E-state index contributed by atoms with van der Waals surface area (Å²) in [5.74, 6) is -0.735. The third-order valence-electron chi connectivity index (χ3n) is 5.56. The average Bonchev–Trinajstić information content (AvgIpc) is 3.55. The first kappa shape index (κ1) is 25.9. The Morgan fingerprint density at radius 1 is 1.13 bits per heavy atom. The maximum atomic E-state index is 13.0. The molecule has 0 unspecified atom stereocenters. The van der Waals surface area contributed by atoms with Crippen LogP contribution in [0.15, 0.2) is 58.3 Å². The van der Waals surface area contributed by atoms with Gasteiger partial charge in [-0.25, -0.2) is 10.1 Å². The molecule has 0 spiro atoms. The van der Waals surface area contributed by atoms with Crippen molar-refractivity contribution >= 4 is 29.3 Å². The van der Waals surface area contributed by atoms with Crippen molar-refractivity contribution in [3.8, 4) is 17.1 Å². The van der Waals surface area contributed by atoms with Crippen LogP contribution in [0.5, 0.6) is 0 Å². The summed E-state index contributed by atoms with van der Waals surface area (Å²) in [5.41, 5.74) is 10.5. The number of amides is 1. The second-order valence-electron chi connectivity index (χ2n) is 8.25. The maximum Gasteiger partial charge on any atom is 0.294 e. The van der Waals surface area contributed by atoms with Gasteiger partial charge in [-0.3, -0.25) is 14.9 Å². The number of hydrogen-bond acceptors (Lipinski definition) is 11. The van der Waals surface area contributed by atoms with E-state index in [0.29, 0.717) is 5.56 Å². The Hall–Kier alpha value is -5.14. The predicted molar refractivity (Wildman–Crippen MR) is 140 cm³/mol. The molecule has 0 aliphatic rings. The van der Waals surface area contributed by atoms with E-state index in [1.807, 2.05) is 24.3 Å². The third-order valence-corrected chi connectivity index (χ3v) is 5.56. The Morgan fingerprint density at radius 2 is 1.82 bits per heavy atom. The van der Waals surface area contributed by atoms with Crippen LogP contribution in [0.1, 0.15) is 42.7 Å². The Morgan fingerprint density at radius 3 is 2.39 bits per heavy atom. The molecule has 0 aliphatic heterocycles. The van der Waals surface area contributed by atoms with Gasteiger partial charge in [-0.15, -0.1) is 5.10 Å². The molecule has 38 heavy (non-hydrogen) atoms. The fraction of sp³-hybridized carbons (Fsp3) is 0.250. The number of benzene rings is 2. The van der Waals surface area contributed by atoms with Gasteiger partial charge in [0.2, 0.25) is 11.6 Å². The van der Waals surface area contributed by atoms with E-state index in [2.05, 4.69) is 54.5 Å². The molecule has 2 aromatic carbocycles. The highest BCUT2D eigenvalue weighted by Crippen LogP contribution is 2.28. The van der Waals surface area contributed by atoms with Gasteiger partial charge in [-0.2, -0.15) is 9.78 Å². The first-order valence-corrected chi connectivity index (χ1v) is 11.9. The number of nitrogens with two attached hydrogens (primary N) is 1. The monoisotopic (exact) mass is 518 g/mol. The molecule has 0 saturated carbocycles. The van der Waals surface area contributed by atoms with Crippen molar-refractivity contribution in [3.05, 3.63) is 69.9 Å². The second-order valence-corrected chi connectivity index (χ2v) is 8.25. The van der Waals surface area contributed by atoms with E-state index in [1.165, 1.54) is 35.2 Å². The van der Waals surface area contributed by atoms with E-state index in [9.17, 15) is 14.9 Å². The minimum absolute atomic E-state index is 0.00804. The van der Waals surface area contributed by atoms with Gasteiger partial charge in [0, 0.05) is 36.5 Å². The predicted octanol–water partition coefficient (Wildman–Crippen LogP) is 3.20. The third kappa shape index (κ3) is 5.64. The molecule has 1 amide bonds. The molecule has 0 radical (unpaired) electrons. The molecule has 14 nitrogen and oxygen atoms in total. The van der Waals surface area contributed by atoms with Crippen LogP contribution in [0.3, 0.4) is 0 Å². The zero-order chi connectivity index (χ0) is 27.1. The standard InChI is InChI=1S/C24H26N10O4/c1-3-13-32(14-4-2)18-9-5-16(6-10-18)15-26-28-24(35)20-21(17-7-11-19(12-8-17)34(36)37)33(31-27-20)23-22(25)29-38-30-23/h5-12,15H,3-4,13-14H2,1-2H3,(H2,25,29)(H,28,35)/b26-15-. The van der Waals surface area contributed by atoms with E-state index in [-0.39, 0.29) is 28.7 Å². The Balaban J connectivity index is 1.56. The number of rotatable bonds is 11. The van der Waals surface area contributed by atoms with Crippen LogP contribution in [0.2, 0.25) is 0 Å². The molecule has 0 saturated heterocycles. The molecule has 2 aromatic heterocycles. The van der Waals surface area contributed by atoms with Gasteiger partial charge in [0.15, 0.2) is 5.69 Å². The van der Waals surface area contributed by atoms with Crippen molar-refractivity contribution in [2.75, 3.05) is 23.7 Å². The fourth-order valence-electron chi connectivity index (χ4n) is 3.82. The largest absolute Gasteiger partial charge is 0.378 e. The summed E-state index contributed by atoms with van der Waals surface area (Å²) in [6, 6.07) is 13.4. The van der Waals surface area contributed by atoms with Crippen molar-refractivity contribution in [1.82, 2.24) is 30.7 Å². The molecule has 0 fully saturated rings. The van der Waals surface area contributed by atoms with E-state index in [1.54, 1.807) is 0 Å². The Labute approximate surface area is 217 Å². The lowest BCUT2D eigenvalue weighted by Crippen LogP contribution is -2.24. The SMILES string of the molecule is CCCN(CCC)c1ccc(/C=N\NC(=O)c2nnn(-c3nonc3N)c2-c2ccc([N+](=O)[O-])cc2)cc1. The highest BCUT2D eigenvalue weighted by Gasteiger charge is 2.25. The van der Waals surface area contributed by atoms with Gasteiger partial charge < -0.3 is 10.6 Å². The summed E-state index contributed by atoms with van der Waals surface area (Å²) in [7, 11) is 0. The Kier molecular flexibility index (Phi) is 8.01. The van der Waals surface area contributed by atoms with Gasteiger partial charge in [0.1, 0.15) is 5.69 Å². The van der Waals surface area contributed by atoms with Crippen LogP contribution < -0.4 is 16.1 Å². The normalized spacial score (nSPS) is 11.1. The first-order chi connectivity index (χ1) is 18.4. The summed E-state index contributed by atoms with van der Waals surface area (Å²) in [6.07, 6.45) is 3.63. The number of nitrogens with zero attached hydrogens (tertiary/aromatic N) is 8. The highest BCUT2D eigenvalue weighted by molar-refractivity contribution is 5.98. The number of hydrazone groups is 1. The summed E-state index contributed by atoms with van der Waals surface area (Å²) in [4.78, 5) is 25.9. The summed E-state index contributed by atoms with van der Waals surface area (Å²) < 4.78 is 5.81. The zero-order valence-electron chi connectivity index (χ0n) is 20.8. The van der Waals surface area contributed by atoms with Crippen LogP contribution in [0.4, 0.5) is 17.2 Å². The number of carbonyl (C=O) groups excluding carboxylic acids is 1. The number of nitrogens with one attached hydrogen (secondary N) is 1. The van der Waals surface area contributed by atoms with Crippen LogP contribution in [0, 0.1) is 10.1 Å². The van der Waals surface area contributed by atoms with Gasteiger partial charge >= 0.3 is 0 Å². The lowest BCUT2D eigenvalue weighted by molar-refractivity contribution is -0.384. The molecule has 14 heteroatoms. The summed E-state index contributed by atoms with van der Waals surface area (Å²) >= 11 is 0. The number of nitro groups is 1. The zero-order valence-corrected chi connectivity index (χ0v) is 20.8. The molecule has 0 aliphatic carbocycles. The topological polar surface area (TPSA) is 183 Å². The lowest BCUT2D eigenvalue weighted by atomic mass is 10.1. The van der Waals surface area contributed by atoms with Gasteiger partial charge in [-0.1, -0.05) is 31.2 Å². The van der Waals surface area contributed by atoms with E-state index in [4.69, 9.17) is 5.73 Å². The quantitative estimate of drug-likeness (QED) is 0.170. The van der Waals surface area contributed by atoms with Gasteiger partial charge in [0.25, 0.3) is 11.6 Å². The number of nitrogen functional groups attached to an aromatic ring is 1. The molecule has 0 atom stereocenters. The van der Waals surface area contributed by atoms with Crippen molar-refractivity contribution in [1.29, 1.82) is 0 Å². The average molecular weight is 519 g/mol. The number of carbonyl (C=O) groups is 1. The minimum atomic E-state index is -0.662. The summed E-state index contributed by atoms with van der Waals surface area (Å²) in [6.45, 7) is 6.25. The van der Waals surface area contributed by atoms with Crippen molar-refractivity contribution in [2.24, 2.45) is 5.10 Å². The molecule has 4 aromatic rings. The number of hydrogen-bond donors (Lipinski definition) is 2. The molecule has 196 valence electrons. The van der Waals surface area contributed by atoms with E-state index in [0.717, 1.165) is 37.2 Å². The van der Waals surface area contributed by atoms with Crippen LogP contribution >= 0.6 is 0 Å². The van der Waals surface area contributed by atoms with Crippen LogP contribution in [-0.2, 0) is 0 Å². The minimum Gasteiger partial charge on any atom is -0.378 e. The lowest BCUT2D eigenvalue weighted by Gasteiger charge is -2.23. The van der Waals surface area contributed by atoms with Crippen molar-refractivity contribution in [2.45, 2.75) is 26.7 Å². The molecular weight excluding hydrogens is 492 g/mol. The van der Waals surface area contributed by atoms with Crippen LogP contribution in [-0.4, -0.2) is 55.4 Å². The van der Waals surface area contributed by atoms with Crippen molar-refractivity contribution in [3.63, 3.8) is 0 Å². The summed E-state index contributed by atoms with van der Waals surface area (Å²) in [5, 5.41) is 30.3. The second kappa shape index (κ2) is 11.7. The molecular formula is C24H26N10O4. The molecule has 4 rings (SSSR count). The number of non-ortho nitro benzene ring substituents is 1. The number of anilines is 2. The maximum absolute atomic E-state index is 13.0. The van der Waals surface area contributed by atoms with Crippen LogP contribution in [0.25, 0.3) is 17.1 Å². The smallest absolute Gasteiger partial charge is 0.294 e. The number of nitro benzene ring substituents is 1.